The summed E-state index contributed by atoms with van der Waals surface area (Å²) in [6, 6.07) is 0. The van der Waals surface area contributed by atoms with Crippen molar-refractivity contribution in [2.24, 2.45) is 0 Å². The molecular weight excluding hydrogens is 930 g/mol. The van der Waals surface area contributed by atoms with Crippen LogP contribution >= 0.6 is 7.82 Å². The van der Waals surface area contributed by atoms with Gasteiger partial charge in [0.05, 0.1) is 27.7 Å². The SMILES string of the molecule is CC/C=C\C/C=C\C/C=C\C/C=C\C/C=C\C/C=C\C/C=C\C/C=C\C/C=C\CCCCCC(=O)OC(COC(=O)CCCCCCCCC/C=C\CCCCCCCCC)COP(=O)(O)OCC[N+](C)(C)C. The predicted molar refractivity (Wildman–Crippen MR) is 311 cm³/mol. The molecule has 2 atom stereocenters. The van der Waals surface area contributed by atoms with Crippen LogP contribution in [0.4, 0.5) is 0 Å². The standard InChI is InChI=1S/C63H106NO8P/c1-6-8-10-12-14-16-18-20-22-24-26-27-28-29-30-31-32-33-34-35-36-37-38-40-42-44-46-48-50-52-54-56-63(66)72-61(60-71-73(67,68)70-58-57-64(3,4)5)59-69-62(65)55-53-51-49-47-45-43-41-39-25-23-21-19-17-15-13-11-9-7-2/h8,10,14,16,20,22-23,25-27,29-30,32-33,35-36,38,40,44,46,61H,6-7,9,11-13,15,17-19,21,24,28,31,34,37,39,41-43,45,47-60H2,1-5H3/p+1/b10-8-,16-14-,22-20-,25-23-,27-26-,30-29-,33-32-,36-35-,40-38-,46-44-. The molecule has 10 heteroatoms. The van der Waals surface area contributed by atoms with Crippen LogP contribution in [0.3, 0.4) is 0 Å². The zero-order valence-corrected chi connectivity index (χ0v) is 48.0. The molecule has 9 nitrogen and oxygen atoms in total. The Labute approximate surface area is 448 Å². The monoisotopic (exact) mass is 1040 g/mol. The Hall–Kier alpha value is -3.59. The summed E-state index contributed by atoms with van der Waals surface area (Å²) >= 11 is 0. The summed E-state index contributed by atoms with van der Waals surface area (Å²) in [5.41, 5.74) is 0. The summed E-state index contributed by atoms with van der Waals surface area (Å²) in [5, 5.41) is 0. The van der Waals surface area contributed by atoms with E-state index in [9.17, 15) is 19.0 Å². The van der Waals surface area contributed by atoms with Gasteiger partial charge in [-0.3, -0.25) is 18.6 Å². The fourth-order valence-corrected chi connectivity index (χ4v) is 8.04. The van der Waals surface area contributed by atoms with Crippen molar-refractivity contribution >= 4 is 19.8 Å². The maximum Gasteiger partial charge on any atom is 0.472 e. The van der Waals surface area contributed by atoms with Gasteiger partial charge < -0.3 is 18.9 Å². The second-order valence-electron chi connectivity index (χ2n) is 19.9. The van der Waals surface area contributed by atoms with E-state index in [0.29, 0.717) is 17.4 Å². The smallest absolute Gasteiger partial charge is 0.462 e. The van der Waals surface area contributed by atoms with Gasteiger partial charge in [-0.05, 0) is 109 Å². The number of carbonyl (C=O) groups excluding carboxylic acids is 2. The summed E-state index contributed by atoms with van der Waals surface area (Å²) < 4.78 is 34.5. The number of ether oxygens (including phenoxy) is 2. The molecule has 0 aliphatic carbocycles. The van der Waals surface area contributed by atoms with Crippen LogP contribution < -0.4 is 0 Å². The van der Waals surface area contributed by atoms with E-state index >= 15 is 0 Å². The van der Waals surface area contributed by atoms with E-state index in [4.69, 9.17) is 18.5 Å². The molecule has 73 heavy (non-hydrogen) atoms. The predicted octanol–water partition coefficient (Wildman–Crippen LogP) is 18.0. The molecule has 416 valence electrons. The Morgan fingerprint density at radius 3 is 1.19 bits per heavy atom. The lowest BCUT2D eigenvalue weighted by atomic mass is 10.1. The Kier molecular flexibility index (Phi) is 50.6. The van der Waals surface area contributed by atoms with Crippen molar-refractivity contribution in [1.82, 2.24) is 0 Å². The lowest BCUT2D eigenvalue weighted by Gasteiger charge is -2.24. The Bertz CT molecular complexity index is 1650. The number of hydrogen-bond acceptors (Lipinski definition) is 7. The van der Waals surface area contributed by atoms with Crippen LogP contribution in [0.25, 0.3) is 0 Å². The van der Waals surface area contributed by atoms with E-state index in [2.05, 4.69) is 135 Å². The number of likely N-dealkylation sites (N-methyl/N-ethyl adjacent to an activating group) is 1. The highest BCUT2D eigenvalue weighted by Gasteiger charge is 2.27. The van der Waals surface area contributed by atoms with Gasteiger partial charge in [0, 0.05) is 12.8 Å². The Morgan fingerprint density at radius 1 is 0.438 bits per heavy atom. The van der Waals surface area contributed by atoms with E-state index in [1.54, 1.807) is 0 Å². The van der Waals surface area contributed by atoms with Crippen LogP contribution in [0.2, 0.25) is 0 Å². The van der Waals surface area contributed by atoms with Crippen molar-refractivity contribution in [3.8, 4) is 0 Å². The zero-order valence-electron chi connectivity index (χ0n) is 47.1. The number of quaternary nitrogens is 1. The van der Waals surface area contributed by atoms with Crippen LogP contribution in [0.15, 0.2) is 122 Å². The maximum atomic E-state index is 12.8. The first kappa shape index (κ1) is 69.4. The topological polar surface area (TPSA) is 108 Å². The summed E-state index contributed by atoms with van der Waals surface area (Å²) in [6.45, 7) is 4.26. The fourth-order valence-electron chi connectivity index (χ4n) is 7.30. The van der Waals surface area contributed by atoms with Crippen molar-refractivity contribution < 1.29 is 42.1 Å². The van der Waals surface area contributed by atoms with Crippen LogP contribution in [-0.4, -0.2) is 74.9 Å². The molecule has 0 fully saturated rings. The second-order valence-corrected chi connectivity index (χ2v) is 21.4. The Balaban J connectivity index is 4.30. The van der Waals surface area contributed by atoms with Gasteiger partial charge in [-0.1, -0.05) is 212 Å². The first-order valence-electron chi connectivity index (χ1n) is 28.8. The first-order valence-corrected chi connectivity index (χ1v) is 30.3. The molecule has 0 spiro atoms. The summed E-state index contributed by atoms with van der Waals surface area (Å²) in [4.78, 5) is 35.6. The van der Waals surface area contributed by atoms with E-state index < -0.39 is 26.5 Å². The van der Waals surface area contributed by atoms with Crippen LogP contribution in [0, 0.1) is 0 Å². The average molecular weight is 1040 g/mol. The summed E-state index contributed by atoms with van der Waals surface area (Å²) in [6.07, 6.45) is 75.5. The highest BCUT2D eigenvalue weighted by molar-refractivity contribution is 7.47. The van der Waals surface area contributed by atoms with E-state index in [0.717, 1.165) is 109 Å². The molecule has 0 aromatic rings. The molecule has 0 saturated heterocycles. The second kappa shape index (κ2) is 53.2. The molecule has 0 amide bonds. The van der Waals surface area contributed by atoms with Gasteiger partial charge in [-0.25, -0.2) is 4.57 Å². The number of allylic oxidation sites excluding steroid dienone is 20. The number of hydrogen-bond donors (Lipinski definition) is 1. The Morgan fingerprint density at radius 2 is 0.781 bits per heavy atom. The number of unbranched alkanes of at least 4 members (excludes halogenated alkanes) is 17. The van der Waals surface area contributed by atoms with Gasteiger partial charge in [0.1, 0.15) is 19.8 Å². The van der Waals surface area contributed by atoms with Crippen LogP contribution in [0.5, 0.6) is 0 Å². The van der Waals surface area contributed by atoms with Crippen molar-refractivity contribution in [1.29, 1.82) is 0 Å². The number of carbonyl (C=O) groups is 2. The molecule has 0 aromatic heterocycles. The number of phosphoric ester groups is 1. The molecular formula is C63H107NO8P+. The van der Waals surface area contributed by atoms with Crippen molar-refractivity contribution in [3.63, 3.8) is 0 Å². The molecule has 0 aliphatic rings. The van der Waals surface area contributed by atoms with Crippen LogP contribution in [-0.2, 0) is 32.7 Å². The number of phosphoric acid groups is 1. The third-order valence-corrected chi connectivity index (χ3v) is 12.7. The molecule has 0 aliphatic heterocycles. The van der Waals surface area contributed by atoms with Gasteiger partial charge in [-0.2, -0.15) is 0 Å². The van der Waals surface area contributed by atoms with Crippen molar-refractivity contribution in [2.75, 3.05) is 47.5 Å². The van der Waals surface area contributed by atoms with Gasteiger partial charge >= 0.3 is 19.8 Å². The van der Waals surface area contributed by atoms with E-state index in [-0.39, 0.29) is 32.0 Å². The minimum Gasteiger partial charge on any atom is -0.462 e. The normalized spacial score (nSPS) is 14.2. The zero-order chi connectivity index (χ0) is 53.5. The molecule has 0 radical (unpaired) electrons. The molecule has 0 heterocycles. The van der Waals surface area contributed by atoms with E-state index in [1.807, 2.05) is 21.1 Å². The van der Waals surface area contributed by atoms with Gasteiger partial charge in [0.2, 0.25) is 0 Å². The summed E-state index contributed by atoms with van der Waals surface area (Å²) in [5.74, 6) is -0.848. The van der Waals surface area contributed by atoms with Gasteiger partial charge in [0.25, 0.3) is 0 Å². The number of nitrogens with zero attached hydrogens (tertiary/aromatic N) is 1. The molecule has 1 N–H and O–H groups in total. The molecule has 0 rings (SSSR count). The van der Waals surface area contributed by atoms with Crippen molar-refractivity contribution in [3.05, 3.63) is 122 Å². The highest BCUT2D eigenvalue weighted by atomic mass is 31.2. The average Bonchev–Trinajstić information content (AvgIpc) is 3.35. The maximum absolute atomic E-state index is 12.8. The number of esters is 2. The highest BCUT2D eigenvalue weighted by Crippen LogP contribution is 2.43. The fraction of sp³-hybridized carbons (Fsp3) is 0.651. The lowest BCUT2D eigenvalue weighted by Crippen LogP contribution is -2.37. The molecule has 0 aromatic carbocycles. The molecule has 0 bridgehead atoms. The van der Waals surface area contributed by atoms with Crippen molar-refractivity contribution in [2.45, 2.75) is 219 Å². The minimum absolute atomic E-state index is 0.0176. The summed E-state index contributed by atoms with van der Waals surface area (Å²) in [7, 11) is 1.43. The third-order valence-electron chi connectivity index (χ3n) is 11.7. The van der Waals surface area contributed by atoms with E-state index in [1.165, 1.54) is 70.6 Å². The van der Waals surface area contributed by atoms with Gasteiger partial charge in [-0.15, -0.1) is 0 Å². The third kappa shape index (κ3) is 57.5. The van der Waals surface area contributed by atoms with Gasteiger partial charge in [0.15, 0.2) is 6.10 Å². The number of rotatable bonds is 51. The largest absolute Gasteiger partial charge is 0.472 e. The minimum atomic E-state index is -4.40. The first-order chi connectivity index (χ1) is 35.5. The molecule has 0 saturated carbocycles. The van der Waals surface area contributed by atoms with Crippen LogP contribution in [0.1, 0.15) is 213 Å². The quantitative estimate of drug-likeness (QED) is 0.0211. The lowest BCUT2D eigenvalue weighted by molar-refractivity contribution is -0.870. The molecule has 2 unspecified atom stereocenters.